The van der Waals surface area contributed by atoms with Crippen LogP contribution in [-0.2, 0) is 23.7 Å². The fraction of sp³-hybridized carbons (Fsp3) is 0.872. The molecule has 4 aliphatic rings. The molecule has 0 aromatic heterocycles. The average molecular weight is 679 g/mol. The number of hydrogen-bond donors (Lipinski definition) is 4. The van der Waals surface area contributed by atoms with Crippen molar-refractivity contribution in [1.29, 1.82) is 0 Å². The number of carbonyl (C=O) groups excluding carboxylic acids is 1. The lowest BCUT2D eigenvalue weighted by Gasteiger charge is -2.68. The van der Waals surface area contributed by atoms with Crippen molar-refractivity contribution in [2.45, 2.75) is 162 Å². The van der Waals surface area contributed by atoms with Crippen LogP contribution < -0.4 is 0 Å². The monoisotopic (exact) mass is 678 g/mol. The first kappa shape index (κ1) is 39.5. The van der Waals surface area contributed by atoms with Crippen LogP contribution in [0.3, 0.4) is 0 Å². The number of carbonyl (C=O) groups is 1. The van der Waals surface area contributed by atoms with Gasteiger partial charge >= 0.3 is 5.97 Å². The van der Waals surface area contributed by atoms with Gasteiger partial charge in [0.05, 0.1) is 30.0 Å². The Balaban J connectivity index is 1.79. The van der Waals surface area contributed by atoms with Gasteiger partial charge in [-0.05, 0) is 126 Å². The van der Waals surface area contributed by atoms with Crippen LogP contribution in [-0.4, -0.2) is 88.1 Å². The minimum Gasteiger partial charge on any atom is -0.466 e. The molecule has 1 saturated heterocycles. The zero-order chi connectivity index (χ0) is 36.0. The largest absolute Gasteiger partial charge is 0.466 e. The molecule has 0 spiro atoms. The summed E-state index contributed by atoms with van der Waals surface area (Å²) in [6.07, 6.45) is 3.37. The lowest BCUT2D eigenvalue weighted by molar-refractivity contribution is -0.327. The van der Waals surface area contributed by atoms with Gasteiger partial charge in [0.15, 0.2) is 6.29 Å². The van der Waals surface area contributed by atoms with Crippen molar-refractivity contribution in [3.8, 4) is 0 Å². The van der Waals surface area contributed by atoms with Crippen LogP contribution >= 0.6 is 0 Å². The van der Waals surface area contributed by atoms with Gasteiger partial charge in [-0.15, -0.1) is 0 Å². The Morgan fingerprint density at radius 2 is 1.69 bits per heavy atom. The maximum absolute atomic E-state index is 12.8. The van der Waals surface area contributed by atoms with E-state index in [4.69, 9.17) is 18.9 Å². The number of aliphatic hydroxyl groups is 4. The Morgan fingerprint density at radius 1 is 1.04 bits per heavy atom. The molecule has 0 aromatic rings. The number of fused-ring (bicyclic) bond motifs is 3. The molecule has 4 fully saturated rings. The third-order valence-corrected chi connectivity index (χ3v) is 13.9. The fourth-order valence-electron chi connectivity index (χ4n) is 10.8. The van der Waals surface area contributed by atoms with Gasteiger partial charge in [0.25, 0.3) is 0 Å². The predicted molar refractivity (Wildman–Crippen MR) is 185 cm³/mol. The maximum Gasteiger partial charge on any atom is 0.305 e. The quantitative estimate of drug-likeness (QED) is 0.116. The first-order valence-electron chi connectivity index (χ1n) is 18.3. The summed E-state index contributed by atoms with van der Waals surface area (Å²) < 4.78 is 23.9. The molecule has 276 valence electrons. The SMILES string of the molecule is C=C(C)[C@@H]1CC[C@]2(C)[C@H](C[C@@H](O[C@@H]3O[C@H](C)[C@@H](O)[C@H](O)[C@H]3O)[C@@H]3[C@@H]([C@@](C)(O)CC=CC(C)(C)OC)CC[C@]32C)[C@@]1(C)CCC(=O)OCC. The third kappa shape index (κ3) is 7.08. The molecule has 0 radical (unpaired) electrons. The van der Waals surface area contributed by atoms with Gasteiger partial charge < -0.3 is 39.4 Å². The number of hydrogen-bond acceptors (Lipinski definition) is 9. The minimum absolute atomic E-state index is 0.0802. The molecule has 4 N–H and O–H groups in total. The zero-order valence-corrected chi connectivity index (χ0v) is 31.3. The molecule has 1 heterocycles. The van der Waals surface area contributed by atoms with E-state index in [1.54, 1.807) is 14.0 Å². The van der Waals surface area contributed by atoms with Crippen LogP contribution in [0.25, 0.3) is 0 Å². The summed E-state index contributed by atoms with van der Waals surface area (Å²) in [7, 11) is 1.67. The van der Waals surface area contributed by atoms with E-state index in [0.717, 1.165) is 31.3 Å². The lowest BCUT2D eigenvalue weighted by Crippen LogP contribution is -2.65. The topological polar surface area (TPSA) is 135 Å². The van der Waals surface area contributed by atoms with Gasteiger partial charge in [0.1, 0.15) is 18.3 Å². The van der Waals surface area contributed by atoms with Gasteiger partial charge in [0, 0.05) is 13.5 Å². The molecule has 14 atom stereocenters. The van der Waals surface area contributed by atoms with Gasteiger partial charge in [-0.2, -0.15) is 0 Å². The number of aliphatic hydroxyl groups excluding tert-OH is 3. The molecule has 3 saturated carbocycles. The fourth-order valence-corrected chi connectivity index (χ4v) is 10.8. The van der Waals surface area contributed by atoms with Crippen molar-refractivity contribution in [3.05, 3.63) is 24.3 Å². The number of ether oxygens (including phenoxy) is 4. The second-order valence-electron chi connectivity index (χ2n) is 17.2. The highest BCUT2D eigenvalue weighted by molar-refractivity contribution is 5.69. The number of esters is 1. The smallest absolute Gasteiger partial charge is 0.305 e. The van der Waals surface area contributed by atoms with Crippen molar-refractivity contribution in [2.75, 3.05) is 13.7 Å². The van der Waals surface area contributed by atoms with Crippen LogP contribution in [0.2, 0.25) is 0 Å². The molecule has 0 aromatic carbocycles. The first-order chi connectivity index (χ1) is 22.2. The predicted octanol–water partition coefficient (Wildman–Crippen LogP) is 5.72. The zero-order valence-electron chi connectivity index (χ0n) is 31.3. The summed E-state index contributed by atoms with van der Waals surface area (Å²) in [6.45, 7) is 23.4. The van der Waals surface area contributed by atoms with E-state index in [1.807, 2.05) is 39.8 Å². The summed E-state index contributed by atoms with van der Waals surface area (Å²) >= 11 is 0. The molecular formula is C39H66O9. The van der Waals surface area contributed by atoms with Crippen LogP contribution in [0.1, 0.15) is 114 Å². The molecule has 0 unspecified atom stereocenters. The summed E-state index contributed by atoms with van der Waals surface area (Å²) in [6, 6.07) is 0. The Kier molecular flexibility index (Phi) is 11.8. The van der Waals surface area contributed by atoms with E-state index >= 15 is 0 Å². The molecule has 48 heavy (non-hydrogen) atoms. The van der Waals surface area contributed by atoms with E-state index in [9.17, 15) is 25.2 Å². The van der Waals surface area contributed by atoms with Gasteiger partial charge in [-0.3, -0.25) is 4.79 Å². The molecule has 4 rings (SSSR count). The highest BCUT2D eigenvalue weighted by Crippen LogP contribution is 2.74. The summed E-state index contributed by atoms with van der Waals surface area (Å²) in [5, 5.41) is 44.5. The van der Waals surface area contributed by atoms with Crippen molar-refractivity contribution in [1.82, 2.24) is 0 Å². The van der Waals surface area contributed by atoms with Crippen LogP contribution in [0, 0.1) is 39.9 Å². The van der Waals surface area contributed by atoms with E-state index in [0.29, 0.717) is 32.3 Å². The molecule has 1 aliphatic heterocycles. The average Bonchev–Trinajstić information content (AvgIpc) is 3.39. The Hall–Kier alpha value is -1.33. The van der Waals surface area contributed by atoms with E-state index in [-0.39, 0.29) is 45.9 Å². The van der Waals surface area contributed by atoms with E-state index in [1.165, 1.54) is 0 Å². The van der Waals surface area contributed by atoms with Crippen molar-refractivity contribution < 1.29 is 44.2 Å². The Bertz CT molecular complexity index is 1180. The standard InChI is InChI=1S/C39H66O9/c1-12-46-29(40)16-19-36(7)25(23(2)3)14-20-37(8)28(36)22-27(48-34-33(43)32(42)31(41)24(4)47-34)30-26(15-21-38(30,37)9)39(10,44)18-13-17-35(5,6)45-11/h13,17,24-28,30-34,41-44H,2,12,14-16,18-22H2,1,3-11H3/t24-,25+,26+,27-,28-,30+,31-,32+,33-,34+,36+,37-,38-,39+/m1/s1. The summed E-state index contributed by atoms with van der Waals surface area (Å²) in [5.41, 5.74) is -1.07. The van der Waals surface area contributed by atoms with Crippen molar-refractivity contribution in [3.63, 3.8) is 0 Å². The van der Waals surface area contributed by atoms with Crippen LogP contribution in [0.4, 0.5) is 0 Å². The van der Waals surface area contributed by atoms with Crippen LogP contribution in [0.15, 0.2) is 24.3 Å². The highest BCUT2D eigenvalue weighted by Gasteiger charge is 2.70. The van der Waals surface area contributed by atoms with Crippen molar-refractivity contribution in [2.24, 2.45) is 39.9 Å². The lowest BCUT2D eigenvalue weighted by atomic mass is 9.37. The highest BCUT2D eigenvalue weighted by atomic mass is 16.7. The van der Waals surface area contributed by atoms with E-state index in [2.05, 4.69) is 34.3 Å². The Morgan fingerprint density at radius 3 is 2.29 bits per heavy atom. The second-order valence-corrected chi connectivity index (χ2v) is 17.2. The number of rotatable bonds is 12. The Labute approximate surface area is 289 Å². The third-order valence-electron chi connectivity index (χ3n) is 13.9. The molecule has 9 nitrogen and oxygen atoms in total. The first-order valence-corrected chi connectivity index (χ1v) is 18.3. The summed E-state index contributed by atoms with van der Waals surface area (Å²) in [4.78, 5) is 12.8. The second kappa shape index (κ2) is 14.4. The van der Waals surface area contributed by atoms with Gasteiger partial charge in [0.2, 0.25) is 0 Å². The normalized spacial score (nSPS) is 44.5. The van der Waals surface area contributed by atoms with Gasteiger partial charge in [-0.25, -0.2) is 0 Å². The molecule has 3 aliphatic carbocycles. The summed E-state index contributed by atoms with van der Waals surface area (Å²) in [5.74, 6) is -0.0572. The van der Waals surface area contributed by atoms with E-state index < -0.39 is 48.0 Å². The molecule has 0 amide bonds. The van der Waals surface area contributed by atoms with Crippen molar-refractivity contribution >= 4 is 5.97 Å². The maximum atomic E-state index is 12.8. The minimum atomic E-state index is -1.43. The van der Waals surface area contributed by atoms with Crippen LogP contribution in [0.5, 0.6) is 0 Å². The number of allylic oxidation sites excluding steroid dienone is 1. The van der Waals surface area contributed by atoms with Gasteiger partial charge in [-0.1, -0.05) is 45.1 Å². The molecular weight excluding hydrogens is 612 g/mol. The molecule has 0 bridgehead atoms. The molecule has 9 heteroatoms. The number of methoxy groups -OCH3 is 1.